The zero-order valence-electron chi connectivity index (χ0n) is 11.3. The molecule has 0 aliphatic rings. The number of benzene rings is 1. The van der Waals surface area contributed by atoms with Crippen LogP contribution in [-0.4, -0.2) is 25.4 Å². The van der Waals surface area contributed by atoms with E-state index in [-0.39, 0.29) is 31.8 Å². The molecule has 0 aliphatic heterocycles. The number of amides is 1. The molecule has 1 N–H and O–H groups in total. The zero-order chi connectivity index (χ0) is 14.1. The number of carbonyl (C=O) groups excluding carboxylic acids is 1. The first-order chi connectivity index (χ1) is 9.09. The predicted octanol–water partition coefficient (Wildman–Crippen LogP) is 2.57. The molecule has 106 valence electrons. The van der Waals surface area contributed by atoms with E-state index in [0.29, 0.717) is 0 Å². The third-order valence-electron chi connectivity index (χ3n) is 2.33. The lowest BCUT2D eigenvalue weighted by Gasteiger charge is -2.17. The van der Waals surface area contributed by atoms with Crippen molar-refractivity contribution in [2.75, 3.05) is 19.5 Å². The molecule has 19 heavy (non-hydrogen) atoms. The van der Waals surface area contributed by atoms with Crippen molar-refractivity contribution in [2.24, 2.45) is 0 Å². The minimum atomic E-state index is -3.21. The number of nitrogens with one attached hydrogen (secondary N) is 1. The highest BCUT2D eigenvalue weighted by molar-refractivity contribution is 7.53. The largest absolute Gasteiger partial charge is 0.349 e. The van der Waals surface area contributed by atoms with E-state index in [1.165, 1.54) is 0 Å². The van der Waals surface area contributed by atoms with Gasteiger partial charge < -0.3 is 14.4 Å². The molecular weight excluding hydrogens is 265 g/mol. The maximum Gasteiger partial charge on any atom is 0.349 e. The Morgan fingerprint density at radius 3 is 2.26 bits per heavy atom. The summed E-state index contributed by atoms with van der Waals surface area (Å²) < 4.78 is 22.3. The van der Waals surface area contributed by atoms with Gasteiger partial charge in [-0.3, -0.25) is 9.36 Å². The van der Waals surface area contributed by atoms with Crippen molar-refractivity contribution in [3.63, 3.8) is 0 Å². The topological polar surface area (TPSA) is 64.6 Å². The Morgan fingerprint density at radius 2 is 1.74 bits per heavy atom. The van der Waals surface area contributed by atoms with E-state index in [4.69, 9.17) is 9.05 Å². The maximum atomic E-state index is 12.1. The highest BCUT2D eigenvalue weighted by Gasteiger charge is 2.24. The van der Waals surface area contributed by atoms with E-state index < -0.39 is 7.60 Å². The molecule has 1 amide bonds. The van der Waals surface area contributed by atoms with E-state index in [0.717, 1.165) is 5.56 Å². The van der Waals surface area contributed by atoms with Gasteiger partial charge in [0, 0.05) is 0 Å². The van der Waals surface area contributed by atoms with Crippen LogP contribution in [-0.2, 0) is 24.8 Å². The summed E-state index contributed by atoms with van der Waals surface area (Å²) in [5, 5.41) is 2.59. The standard InChI is InChI=1S/C13H20NO4P/c1-3-17-19(16,18-4-2)11-14-13(15)10-12-8-6-5-7-9-12/h5-9H,3-4,10-11H2,1-2H3,(H,14,15). The van der Waals surface area contributed by atoms with Crippen LogP contribution in [0, 0.1) is 0 Å². The Balaban J connectivity index is 2.46. The monoisotopic (exact) mass is 285 g/mol. The van der Waals surface area contributed by atoms with Gasteiger partial charge in [0.1, 0.15) is 6.29 Å². The fraction of sp³-hybridized carbons (Fsp3) is 0.462. The highest BCUT2D eigenvalue weighted by Crippen LogP contribution is 2.46. The molecule has 1 aromatic carbocycles. The molecule has 6 heteroatoms. The third-order valence-corrected chi connectivity index (χ3v) is 4.18. The summed E-state index contributed by atoms with van der Waals surface area (Å²) in [5.74, 6) is -0.203. The maximum absolute atomic E-state index is 12.1. The first-order valence-electron chi connectivity index (χ1n) is 6.28. The number of hydrogen-bond donors (Lipinski definition) is 1. The van der Waals surface area contributed by atoms with Gasteiger partial charge in [-0.25, -0.2) is 0 Å². The van der Waals surface area contributed by atoms with Gasteiger partial charge in [0.15, 0.2) is 0 Å². The van der Waals surface area contributed by atoms with Crippen molar-refractivity contribution < 1.29 is 18.4 Å². The number of hydrogen-bond acceptors (Lipinski definition) is 4. The third kappa shape index (κ3) is 6.01. The highest BCUT2D eigenvalue weighted by atomic mass is 31.2. The summed E-state index contributed by atoms with van der Waals surface area (Å²) in [6.45, 7) is 4.03. The summed E-state index contributed by atoms with van der Waals surface area (Å²) in [5.41, 5.74) is 0.905. The normalized spacial score (nSPS) is 11.3. The summed E-state index contributed by atoms with van der Waals surface area (Å²) in [4.78, 5) is 11.7. The van der Waals surface area contributed by atoms with Gasteiger partial charge in [-0.05, 0) is 19.4 Å². The first kappa shape index (κ1) is 15.9. The minimum Gasteiger partial charge on any atom is -0.344 e. The van der Waals surface area contributed by atoms with Crippen molar-refractivity contribution in [1.82, 2.24) is 5.32 Å². The molecule has 0 saturated carbocycles. The van der Waals surface area contributed by atoms with E-state index in [1.54, 1.807) is 13.8 Å². The molecule has 0 spiro atoms. The van der Waals surface area contributed by atoms with Crippen LogP contribution >= 0.6 is 7.60 Å². The van der Waals surface area contributed by atoms with Gasteiger partial charge in [-0.15, -0.1) is 0 Å². The molecule has 0 atom stereocenters. The molecule has 0 aliphatic carbocycles. The zero-order valence-corrected chi connectivity index (χ0v) is 12.2. The van der Waals surface area contributed by atoms with Gasteiger partial charge in [-0.1, -0.05) is 30.3 Å². The second-order valence-electron chi connectivity index (χ2n) is 3.87. The lowest BCUT2D eigenvalue weighted by Crippen LogP contribution is -2.27. The molecule has 1 aromatic rings. The molecule has 0 aromatic heterocycles. The molecular formula is C13H20NO4P. The van der Waals surface area contributed by atoms with Gasteiger partial charge in [0.25, 0.3) is 0 Å². The average molecular weight is 285 g/mol. The van der Waals surface area contributed by atoms with Gasteiger partial charge >= 0.3 is 7.60 Å². The summed E-state index contributed by atoms with van der Waals surface area (Å²) >= 11 is 0. The van der Waals surface area contributed by atoms with Crippen molar-refractivity contribution in [2.45, 2.75) is 20.3 Å². The van der Waals surface area contributed by atoms with Gasteiger partial charge in [0.2, 0.25) is 5.91 Å². The van der Waals surface area contributed by atoms with E-state index in [9.17, 15) is 9.36 Å². The molecule has 0 radical (unpaired) electrons. The number of carbonyl (C=O) groups is 1. The average Bonchev–Trinajstić information content (AvgIpc) is 2.38. The summed E-state index contributed by atoms with van der Waals surface area (Å²) in [6, 6.07) is 9.36. The molecule has 1 rings (SSSR count). The molecule has 0 heterocycles. The fourth-order valence-corrected chi connectivity index (χ4v) is 2.96. The molecule has 0 saturated heterocycles. The van der Waals surface area contributed by atoms with Crippen LogP contribution in [0.15, 0.2) is 30.3 Å². The van der Waals surface area contributed by atoms with Crippen LogP contribution in [0.2, 0.25) is 0 Å². The van der Waals surface area contributed by atoms with Crippen molar-refractivity contribution >= 4 is 13.5 Å². The smallest absolute Gasteiger partial charge is 0.344 e. The summed E-state index contributed by atoms with van der Waals surface area (Å²) in [7, 11) is -3.21. The SMILES string of the molecule is CCOP(=O)(CNC(=O)Cc1ccccc1)OCC. The molecule has 0 bridgehead atoms. The van der Waals surface area contributed by atoms with Crippen LogP contribution in [0.25, 0.3) is 0 Å². The second kappa shape index (κ2) is 8.10. The van der Waals surface area contributed by atoms with Crippen LogP contribution < -0.4 is 5.32 Å². The van der Waals surface area contributed by atoms with Gasteiger partial charge in [0.05, 0.1) is 19.6 Å². The Kier molecular flexibility index (Phi) is 6.78. The van der Waals surface area contributed by atoms with Crippen molar-refractivity contribution in [3.8, 4) is 0 Å². The molecule has 0 fully saturated rings. The Morgan fingerprint density at radius 1 is 1.16 bits per heavy atom. The first-order valence-corrected chi connectivity index (χ1v) is 8.01. The predicted molar refractivity (Wildman–Crippen MR) is 74.0 cm³/mol. The second-order valence-corrected chi connectivity index (χ2v) is 5.92. The summed E-state index contributed by atoms with van der Waals surface area (Å²) in [6.07, 6.45) is 0.152. The number of rotatable bonds is 8. The fourth-order valence-electron chi connectivity index (χ4n) is 1.55. The van der Waals surface area contributed by atoms with Crippen LogP contribution in [0.5, 0.6) is 0 Å². The molecule has 5 nitrogen and oxygen atoms in total. The van der Waals surface area contributed by atoms with Crippen LogP contribution in [0.4, 0.5) is 0 Å². The Hall–Kier alpha value is -1.16. The van der Waals surface area contributed by atoms with Crippen LogP contribution in [0.3, 0.4) is 0 Å². The lowest BCUT2D eigenvalue weighted by molar-refractivity contribution is -0.120. The van der Waals surface area contributed by atoms with E-state index >= 15 is 0 Å². The van der Waals surface area contributed by atoms with Crippen molar-refractivity contribution in [3.05, 3.63) is 35.9 Å². The van der Waals surface area contributed by atoms with E-state index in [1.807, 2.05) is 30.3 Å². The van der Waals surface area contributed by atoms with Crippen LogP contribution in [0.1, 0.15) is 19.4 Å². The van der Waals surface area contributed by atoms with Crippen molar-refractivity contribution in [1.29, 1.82) is 0 Å². The quantitative estimate of drug-likeness (QED) is 0.746. The Bertz CT molecular complexity index is 426. The molecule has 0 unspecified atom stereocenters. The lowest BCUT2D eigenvalue weighted by atomic mass is 10.1. The van der Waals surface area contributed by atoms with E-state index in [2.05, 4.69) is 5.32 Å². The minimum absolute atomic E-state index is 0.0969. The van der Waals surface area contributed by atoms with Gasteiger partial charge in [-0.2, -0.15) is 0 Å². The Labute approximate surface area is 113 Å².